The number of nitrogens with one attached hydrogen (secondary N) is 4. The Balaban J connectivity index is 0.00000335. The molecule has 4 aromatic rings. The Morgan fingerprint density at radius 1 is 0.302 bits per heavy atom. The molecular weight excluding hydrogens is 1640 g/mol. The molecule has 1 heterocycles. The standard InChI is InChI=1S/C80H136N4O16P4S4.C4H4O4/c1-29-93-101(85,94-30-2)77(21,22)81-41-37-45-89-69-61-49-57(73(9,10)11)50-62(69)106-64-52-59(75(15,16)17)54-66(71(64)91-47-39-43-83-79(25,26)103(87,97-33-5)98-34-6)108-68-56-60(76(18,19)20)55-67(72(68)92-48-40-44-84-80(27,28)104(88,99-35-7)100-36-8)107-65-53-58(74(12,13)14)51-63(105-61)70(65)90-46-38-42-82-78(23,24)102(86,95-31-3)96-32-4;5-3(6)1-2-4(7)8/h49-56,81-84H,29-48H2,1-28H3;1-2H,(H,5,6)(H,7,8)/b;2-1-. The lowest BCUT2D eigenvalue weighted by molar-refractivity contribution is -0.134. The molecule has 0 unspecified atom stereocenters. The van der Waals surface area contributed by atoms with Gasteiger partial charge in [-0.15, -0.1) is 0 Å². The highest BCUT2D eigenvalue weighted by molar-refractivity contribution is 8.01. The summed E-state index contributed by atoms with van der Waals surface area (Å²) in [6, 6.07) is 18.1. The number of carboxylic acids is 2. The molecule has 0 aliphatic carbocycles. The van der Waals surface area contributed by atoms with Crippen molar-refractivity contribution < 1.29 is 93.2 Å². The predicted octanol–water partition coefficient (Wildman–Crippen LogP) is 22.9. The van der Waals surface area contributed by atoms with Gasteiger partial charge < -0.3 is 86.6 Å². The molecule has 6 N–H and O–H groups in total. The summed E-state index contributed by atoms with van der Waals surface area (Å²) in [6.45, 7) is 60.9. The van der Waals surface area contributed by atoms with Crippen LogP contribution in [-0.2, 0) is 85.7 Å². The molecule has 5 rings (SSSR count). The van der Waals surface area contributed by atoms with E-state index in [1.165, 1.54) is 0 Å². The molecular formula is C84H140N4O20P4S4. The lowest BCUT2D eigenvalue weighted by Gasteiger charge is -2.33. The van der Waals surface area contributed by atoms with E-state index in [4.69, 9.17) is 65.4 Å². The fourth-order valence-corrected chi connectivity index (χ4v) is 23.2. The maximum Gasteiger partial charge on any atom is 0.349 e. The van der Waals surface area contributed by atoms with E-state index >= 15 is 0 Å². The minimum atomic E-state index is -3.57. The van der Waals surface area contributed by atoms with Crippen molar-refractivity contribution in [3.8, 4) is 23.0 Å². The summed E-state index contributed by atoms with van der Waals surface area (Å²) in [4.78, 5) is 26.0. The summed E-state index contributed by atoms with van der Waals surface area (Å²) in [6.07, 6.45) is 3.24. The highest BCUT2D eigenvalue weighted by Gasteiger charge is 2.47. The molecule has 32 heteroatoms. The molecule has 0 aromatic heterocycles. The molecule has 0 spiro atoms. The van der Waals surface area contributed by atoms with Crippen LogP contribution in [0.1, 0.15) is 242 Å². The van der Waals surface area contributed by atoms with Gasteiger partial charge in [0.05, 0.1) is 118 Å². The number of hydrogen-bond donors (Lipinski definition) is 6. The fraction of sp³-hybridized carbons (Fsp3) is 0.667. The maximum atomic E-state index is 14.3. The summed E-state index contributed by atoms with van der Waals surface area (Å²) in [5, 5.41) is 25.7. The Hall–Kier alpha value is -3.40. The van der Waals surface area contributed by atoms with Gasteiger partial charge in [-0.05, 0) is 255 Å². The average molecular weight is 1780 g/mol. The summed E-state index contributed by atoms with van der Waals surface area (Å²) < 4.78 is 133. The van der Waals surface area contributed by atoms with Crippen LogP contribution in [0.4, 0.5) is 0 Å². The summed E-state index contributed by atoms with van der Waals surface area (Å²) in [5.74, 6) is 0.180. The Labute approximate surface area is 712 Å². The van der Waals surface area contributed by atoms with Crippen LogP contribution in [0.2, 0.25) is 0 Å². The second-order valence-corrected chi connectivity index (χ2v) is 48.6. The van der Waals surface area contributed by atoms with Crippen molar-refractivity contribution in [1.82, 2.24) is 21.3 Å². The van der Waals surface area contributed by atoms with E-state index in [2.05, 4.69) is 153 Å². The van der Waals surface area contributed by atoms with Gasteiger partial charge in [-0.1, -0.05) is 130 Å². The van der Waals surface area contributed by atoms with Gasteiger partial charge in [0, 0.05) is 12.2 Å². The van der Waals surface area contributed by atoms with Gasteiger partial charge in [-0.3, -0.25) is 18.3 Å². The van der Waals surface area contributed by atoms with Crippen molar-refractivity contribution in [3.63, 3.8) is 0 Å². The quantitative estimate of drug-likeness (QED) is 0.0120. The van der Waals surface area contributed by atoms with Gasteiger partial charge in [-0.25, -0.2) is 9.59 Å². The lowest BCUT2D eigenvalue weighted by atomic mass is 9.87. The fourth-order valence-electron chi connectivity index (χ4n) is 11.6. The first-order valence-electron chi connectivity index (χ1n) is 40.5. The Morgan fingerprint density at radius 3 is 0.569 bits per heavy atom. The van der Waals surface area contributed by atoms with Gasteiger partial charge >= 0.3 is 42.3 Å². The van der Waals surface area contributed by atoms with E-state index in [1.54, 1.807) is 47.0 Å². The van der Waals surface area contributed by atoms with Crippen LogP contribution in [0.25, 0.3) is 0 Å². The number of benzene rings is 4. The minimum absolute atomic E-state index is 0.234. The van der Waals surface area contributed by atoms with Crippen LogP contribution < -0.4 is 40.2 Å². The smallest absolute Gasteiger partial charge is 0.349 e. The third kappa shape index (κ3) is 30.2. The third-order valence-corrected chi connectivity index (χ3v) is 33.5. The molecule has 0 radical (unpaired) electrons. The van der Waals surface area contributed by atoms with Crippen molar-refractivity contribution in [2.75, 3.05) is 105 Å². The normalized spacial score (nSPS) is 13.9. The first-order chi connectivity index (χ1) is 53.8. The second kappa shape index (κ2) is 45.8. The molecule has 0 atom stereocenters. The van der Waals surface area contributed by atoms with E-state index in [-0.39, 0.29) is 101 Å². The highest BCUT2D eigenvalue weighted by atomic mass is 32.2. The van der Waals surface area contributed by atoms with Gasteiger partial charge in [0.2, 0.25) is 0 Å². The molecule has 0 saturated heterocycles. The largest absolute Gasteiger partial charge is 0.491 e. The molecule has 24 nitrogen and oxygen atoms in total. The topological polar surface area (TPSA) is 302 Å². The van der Waals surface area contributed by atoms with E-state index in [0.717, 1.165) is 61.4 Å². The van der Waals surface area contributed by atoms with Gasteiger partial charge in [0.15, 0.2) is 0 Å². The average Bonchev–Trinajstić information content (AvgIpc) is 0.756. The van der Waals surface area contributed by atoms with Crippen molar-refractivity contribution in [3.05, 3.63) is 82.9 Å². The number of aliphatic carboxylic acids is 2. The number of fused-ring (bicyclic) bond motifs is 8. The van der Waals surface area contributed by atoms with Gasteiger partial charge in [-0.2, -0.15) is 0 Å². The zero-order chi connectivity index (χ0) is 87.7. The summed E-state index contributed by atoms with van der Waals surface area (Å²) in [7, 11) is -14.3. The maximum absolute atomic E-state index is 14.3. The SMILES string of the molecule is CCOP(=O)(OCC)C(C)(C)NCCCOc1c2cc(C(C)(C)C)cc1Sc1cc(C(C)(C)C)cc(c1OCCCNC(C)(C)P(=O)(OCC)OCC)Sc1cc(C(C)(C)C)cc(c1OCCCNC(C)(C)P(=O)(OCC)OCC)Sc1cc(C(C)(C)C)cc(c1OCCCNC(C)(C)P(=O)(OCC)OCC)S2.O=C(O)/C=C\C(=O)O. The number of ether oxygens (including phenoxy) is 4. The predicted molar refractivity (Wildman–Crippen MR) is 474 cm³/mol. The van der Waals surface area contributed by atoms with Crippen molar-refractivity contribution in [2.24, 2.45) is 0 Å². The molecule has 4 aromatic carbocycles. The van der Waals surface area contributed by atoms with Crippen LogP contribution in [0.3, 0.4) is 0 Å². The van der Waals surface area contributed by atoms with E-state index in [9.17, 15) is 27.8 Å². The van der Waals surface area contributed by atoms with Gasteiger partial charge in [0.1, 0.15) is 44.1 Å². The first-order valence-corrected chi connectivity index (χ1v) is 49.9. The molecule has 8 bridgehead atoms. The number of carboxylic acid groups (broad SMARTS) is 2. The summed E-state index contributed by atoms with van der Waals surface area (Å²) in [5.41, 5.74) is 2.90. The zero-order valence-corrected chi connectivity index (χ0v) is 81.4. The van der Waals surface area contributed by atoms with Crippen molar-refractivity contribution >= 4 is 89.4 Å². The lowest BCUT2D eigenvalue weighted by Crippen LogP contribution is -2.41. The van der Waals surface area contributed by atoms with Crippen LogP contribution >= 0.6 is 77.4 Å². The minimum Gasteiger partial charge on any atom is -0.491 e. The van der Waals surface area contributed by atoms with Crippen molar-refractivity contribution in [1.29, 1.82) is 0 Å². The molecule has 1 aliphatic rings. The molecule has 0 amide bonds. The Bertz CT molecular complexity index is 3450. The van der Waals surface area contributed by atoms with E-state index < -0.39 is 63.4 Å². The molecule has 0 saturated carbocycles. The monoisotopic (exact) mass is 1780 g/mol. The number of carbonyl (C=O) groups is 2. The molecule has 1 aliphatic heterocycles. The molecule has 660 valence electrons. The molecule has 0 fully saturated rings. The van der Waals surface area contributed by atoms with Crippen LogP contribution in [0, 0.1) is 0 Å². The highest BCUT2D eigenvalue weighted by Crippen LogP contribution is 2.63. The Kier molecular flexibility index (Phi) is 41.5. The van der Waals surface area contributed by atoms with Crippen LogP contribution in [0.5, 0.6) is 23.0 Å². The summed E-state index contributed by atoms with van der Waals surface area (Å²) >= 11 is 6.43. The molecule has 116 heavy (non-hydrogen) atoms. The Morgan fingerprint density at radius 2 is 0.448 bits per heavy atom. The second-order valence-electron chi connectivity index (χ2n) is 33.7. The first kappa shape index (κ1) is 105. The zero-order valence-electron chi connectivity index (χ0n) is 74.6. The number of hydrogen-bond acceptors (Lipinski definition) is 26. The van der Waals surface area contributed by atoms with Crippen LogP contribution in [-0.4, -0.2) is 149 Å². The van der Waals surface area contributed by atoms with Crippen LogP contribution in [0.15, 0.2) is 99.8 Å². The third-order valence-electron chi connectivity index (χ3n) is 18.4. The number of rotatable bonds is 46. The van der Waals surface area contributed by atoms with E-state index in [0.29, 0.717) is 87.0 Å². The van der Waals surface area contributed by atoms with Gasteiger partial charge in [0.25, 0.3) is 0 Å². The van der Waals surface area contributed by atoms with E-state index in [1.807, 2.05) is 111 Å². The van der Waals surface area contributed by atoms with Crippen molar-refractivity contribution in [2.45, 2.75) is 301 Å².